The number of carbonyl (C=O) groups is 1. The molecule has 1 fully saturated rings. The Bertz CT molecular complexity index is 187. The highest BCUT2D eigenvalue weighted by atomic mass is 32.1. The summed E-state index contributed by atoms with van der Waals surface area (Å²) in [5.41, 5.74) is 5.22. The van der Waals surface area contributed by atoms with Gasteiger partial charge in [0.05, 0.1) is 10.5 Å². The van der Waals surface area contributed by atoms with E-state index >= 15 is 0 Å². The molecular formula is C8H14N2OS. The molecule has 0 aromatic rings. The topological polar surface area (TPSA) is 55.1 Å². The van der Waals surface area contributed by atoms with Gasteiger partial charge in [0.2, 0.25) is 6.41 Å². The van der Waals surface area contributed by atoms with Crippen molar-refractivity contribution in [3.05, 3.63) is 0 Å². The minimum Gasteiger partial charge on any atom is -0.391 e. The molecule has 0 aromatic heterocycles. The first-order valence-electron chi connectivity index (χ1n) is 4.22. The molecule has 68 valence electrons. The Morgan fingerprint density at radius 3 is 2.42 bits per heavy atom. The predicted molar refractivity (Wildman–Crippen MR) is 51.8 cm³/mol. The smallest absolute Gasteiger partial charge is 0.207 e. The van der Waals surface area contributed by atoms with E-state index in [0.29, 0.717) is 11.4 Å². The second-order valence-corrected chi connectivity index (χ2v) is 3.71. The van der Waals surface area contributed by atoms with Crippen molar-refractivity contribution in [1.29, 1.82) is 0 Å². The zero-order valence-corrected chi connectivity index (χ0v) is 7.82. The van der Waals surface area contributed by atoms with Crippen molar-refractivity contribution in [2.75, 3.05) is 0 Å². The van der Waals surface area contributed by atoms with Crippen LogP contribution in [0, 0.1) is 0 Å². The second-order valence-electron chi connectivity index (χ2n) is 3.27. The fraction of sp³-hybridized carbons (Fsp3) is 0.750. The predicted octanol–water partition coefficient (Wildman–Crippen LogP) is 0.721. The highest BCUT2D eigenvalue weighted by Gasteiger charge is 2.34. The van der Waals surface area contributed by atoms with Crippen LogP contribution in [0.25, 0.3) is 0 Å². The molecule has 4 heteroatoms. The van der Waals surface area contributed by atoms with Crippen molar-refractivity contribution in [2.45, 2.75) is 37.6 Å². The molecule has 0 unspecified atom stereocenters. The highest BCUT2D eigenvalue weighted by molar-refractivity contribution is 7.80. The summed E-state index contributed by atoms with van der Waals surface area (Å²) < 4.78 is 0. The largest absolute Gasteiger partial charge is 0.391 e. The summed E-state index contributed by atoms with van der Waals surface area (Å²) in [6.07, 6.45) is 5.88. The van der Waals surface area contributed by atoms with E-state index < -0.39 is 0 Å². The van der Waals surface area contributed by atoms with Gasteiger partial charge in [-0.1, -0.05) is 31.5 Å². The zero-order valence-electron chi connectivity index (χ0n) is 7.01. The van der Waals surface area contributed by atoms with E-state index in [0.717, 1.165) is 25.7 Å². The maximum atomic E-state index is 10.4. The van der Waals surface area contributed by atoms with Gasteiger partial charge in [0, 0.05) is 0 Å². The van der Waals surface area contributed by atoms with Crippen LogP contribution in [-0.2, 0) is 4.79 Å². The monoisotopic (exact) mass is 186 g/mol. The van der Waals surface area contributed by atoms with Gasteiger partial charge in [-0.15, -0.1) is 0 Å². The first kappa shape index (κ1) is 9.45. The maximum absolute atomic E-state index is 10.4. The SMILES string of the molecule is NC(=S)C1(NC=O)CCCCC1. The Labute approximate surface area is 77.7 Å². The summed E-state index contributed by atoms with van der Waals surface area (Å²) in [6, 6.07) is 0. The molecule has 0 aliphatic heterocycles. The number of rotatable bonds is 3. The van der Waals surface area contributed by atoms with Gasteiger partial charge in [-0.3, -0.25) is 4.79 Å². The van der Waals surface area contributed by atoms with Crippen molar-refractivity contribution < 1.29 is 4.79 Å². The van der Waals surface area contributed by atoms with Crippen LogP contribution in [0.3, 0.4) is 0 Å². The Balaban J connectivity index is 2.69. The molecule has 0 atom stereocenters. The van der Waals surface area contributed by atoms with Crippen molar-refractivity contribution in [3.63, 3.8) is 0 Å². The summed E-state index contributed by atoms with van der Waals surface area (Å²) in [7, 11) is 0. The molecule has 3 N–H and O–H groups in total. The van der Waals surface area contributed by atoms with Crippen LogP contribution in [0.4, 0.5) is 0 Å². The quantitative estimate of drug-likeness (QED) is 0.504. The van der Waals surface area contributed by atoms with Gasteiger partial charge in [-0.05, 0) is 12.8 Å². The van der Waals surface area contributed by atoms with E-state index in [1.165, 1.54) is 6.42 Å². The number of thiocarbonyl (C=S) groups is 1. The van der Waals surface area contributed by atoms with Crippen LogP contribution in [0.15, 0.2) is 0 Å². The Morgan fingerprint density at radius 2 is 2.00 bits per heavy atom. The average molecular weight is 186 g/mol. The summed E-state index contributed by atoms with van der Waals surface area (Å²) in [5.74, 6) is 0. The molecule has 1 aliphatic rings. The third-order valence-corrected chi connectivity index (χ3v) is 2.90. The third-order valence-electron chi connectivity index (χ3n) is 2.51. The zero-order chi connectivity index (χ0) is 9.03. The summed E-state index contributed by atoms with van der Waals surface area (Å²) in [5, 5.41) is 2.75. The van der Waals surface area contributed by atoms with E-state index in [2.05, 4.69) is 5.32 Å². The molecule has 1 amide bonds. The van der Waals surface area contributed by atoms with Gasteiger partial charge in [0.15, 0.2) is 0 Å². The van der Waals surface area contributed by atoms with Crippen LogP contribution in [-0.4, -0.2) is 16.9 Å². The lowest BCUT2D eigenvalue weighted by Crippen LogP contribution is -2.55. The maximum Gasteiger partial charge on any atom is 0.207 e. The normalized spacial score (nSPS) is 21.3. The first-order valence-corrected chi connectivity index (χ1v) is 4.63. The molecule has 0 spiro atoms. The molecule has 1 aliphatic carbocycles. The van der Waals surface area contributed by atoms with Crippen LogP contribution in [0.5, 0.6) is 0 Å². The van der Waals surface area contributed by atoms with E-state index in [1.54, 1.807) is 0 Å². The van der Waals surface area contributed by atoms with Crippen molar-refractivity contribution in [2.24, 2.45) is 5.73 Å². The van der Waals surface area contributed by atoms with Gasteiger partial charge in [0.25, 0.3) is 0 Å². The van der Waals surface area contributed by atoms with E-state index in [9.17, 15) is 4.79 Å². The number of hydrogen-bond acceptors (Lipinski definition) is 2. The molecular weight excluding hydrogens is 172 g/mol. The number of amides is 1. The van der Waals surface area contributed by atoms with E-state index in [1.807, 2.05) is 0 Å². The lowest BCUT2D eigenvalue weighted by atomic mass is 9.82. The molecule has 3 nitrogen and oxygen atoms in total. The highest BCUT2D eigenvalue weighted by Crippen LogP contribution is 2.27. The number of nitrogens with one attached hydrogen (secondary N) is 1. The molecule has 1 rings (SSSR count). The summed E-state index contributed by atoms with van der Waals surface area (Å²) in [4.78, 5) is 10.8. The van der Waals surface area contributed by atoms with Crippen molar-refractivity contribution in [3.8, 4) is 0 Å². The van der Waals surface area contributed by atoms with Gasteiger partial charge >= 0.3 is 0 Å². The molecule has 0 aromatic carbocycles. The van der Waals surface area contributed by atoms with Gasteiger partial charge < -0.3 is 11.1 Å². The van der Waals surface area contributed by atoms with Crippen LogP contribution >= 0.6 is 12.2 Å². The number of carbonyl (C=O) groups excluding carboxylic acids is 1. The Morgan fingerprint density at radius 1 is 1.42 bits per heavy atom. The van der Waals surface area contributed by atoms with E-state index in [-0.39, 0.29) is 5.54 Å². The summed E-state index contributed by atoms with van der Waals surface area (Å²) >= 11 is 4.95. The fourth-order valence-electron chi connectivity index (χ4n) is 1.73. The Hall–Kier alpha value is -0.640. The first-order chi connectivity index (χ1) is 5.71. The van der Waals surface area contributed by atoms with Gasteiger partial charge in [-0.2, -0.15) is 0 Å². The standard InChI is InChI=1S/C8H14N2OS/c9-7(12)8(10-6-11)4-2-1-3-5-8/h6H,1-5H2,(H2,9,12)(H,10,11). The number of nitrogens with two attached hydrogens (primary N) is 1. The minimum absolute atomic E-state index is 0.380. The molecule has 1 saturated carbocycles. The number of hydrogen-bond donors (Lipinski definition) is 2. The lowest BCUT2D eigenvalue weighted by Gasteiger charge is -2.35. The van der Waals surface area contributed by atoms with E-state index in [4.69, 9.17) is 18.0 Å². The molecule has 0 bridgehead atoms. The third kappa shape index (κ3) is 1.75. The van der Waals surface area contributed by atoms with Crippen molar-refractivity contribution in [1.82, 2.24) is 5.32 Å². The van der Waals surface area contributed by atoms with Gasteiger partial charge in [0.1, 0.15) is 0 Å². The minimum atomic E-state index is -0.380. The molecule has 0 heterocycles. The summed E-state index contributed by atoms with van der Waals surface area (Å²) in [6.45, 7) is 0. The van der Waals surface area contributed by atoms with Crippen LogP contribution < -0.4 is 11.1 Å². The Kier molecular flexibility index (Phi) is 3.03. The lowest BCUT2D eigenvalue weighted by molar-refractivity contribution is -0.110. The van der Waals surface area contributed by atoms with Gasteiger partial charge in [-0.25, -0.2) is 0 Å². The molecule has 0 saturated heterocycles. The van der Waals surface area contributed by atoms with Crippen molar-refractivity contribution >= 4 is 23.6 Å². The van der Waals surface area contributed by atoms with Crippen LogP contribution in [0.1, 0.15) is 32.1 Å². The molecule has 0 radical (unpaired) electrons. The fourth-order valence-corrected chi connectivity index (χ4v) is 1.99. The van der Waals surface area contributed by atoms with Crippen LogP contribution in [0.2, 0.25) is 0 Å². The molecule has 12 heavy (non-hydrogen) atoms. The average Bonchev–Trinajstić information content (AvgIpc) is 2.06. The second kappa shape index (κ2) is 3.85.